The molecule has 0 aromatic carbocycles. The number of nitrogens with zero attached hydrogens (tertiary/aromatic N) is 3. The summed E-state index contributed by atoms with van der Waals surface area (Å²) in [6.07, 6.45) is -1.42. The largest absolute Gasteiger partial charge is 0.394 e. The third-order valence-electron chi connectivity index (χ3n) is 3.00. The summed E-state index contributed by atoms with van der Waals surface area (Å²) >= 11 is 0. The van der Waals surface area contributed by atoms with Crippen LogP contribution in [0.3, 0.4) is 0 Å². The molecule has 2 rings (SSSR count). The Labute approximate surface area is 94.3 Å². The van der Waals surface area contributed by atoms with Crippen LogP contribution in [-0.4, -0.2) is 45.3 Å². The van der Waals surface area contributed by atoms with Crippen molar-refractivity contribution >= 4 is 11.5 Å². The molecule has 90 valence electrons. The van der Waals surface area contributed by atoms with E-state index in [0.29, 0.717) is 18.8 Å². The first-order valence-electron chi connectivity index (χ1n) is 5.48. The predicted octanol–water partition coefficient (Wildman–Crippen LogP) is -0.665. The van der Waals surface area contributed by atoms with Crippen LogP contribution < -0.4 is 10.6 Å². The van der Waals surface area contributed by atoms with Crippen LogP contribution in [0.2, 0.25) is 0 Å². The number of β-amino-alcohol motifs (C(OH)–C–C–N with tert-alkyl or cyclic N) is 2. The summed E-state index contributed by atoms with van der Waals surface area (Å²) in [7, 11) is 0. The molecule has 16 heavy (non-hydrogen) atoms. The fourth-order valence-corrected chi connectivity index (χ4v) is 2.08. The number of hydrogen-bond acceptors (Lipinski definition) is 5. The molecule has 4 N–H and O–H groups in total. The molecule has 2 heterocycles. The maximum atomic E-state index is 9.53. The summed E-state index contributed by atoms with van der Waals surface area (Å²) in [4.78, 5) is 1.88. The van der Waals surface area contributed by atoms with E-state index >= 15 is 0 Å². The van der Waals surface area contributed by atoms with Crippen molar-refractivity contribution in [1.29, 1.82) is 0 Å². The molecule has 6 heteroatoms. The summed E-state index contributed by atoms with van der Waals surface area (Å²) in [5, 5.41) is 23.4. The first-order valence-corrected chi connectivity index (χ1v) is 5.48. The fourth-order valence-electron chi connectivity index (χ4n) is 2.08. The van der Waals surface area contributed by atoms with Gasteiger partial charge in [0.2, 0.25) is 0 Å². The first-order chi connectivity index (χ1) is 7.54. The lowest BCUT2D eigenvalue weighted by Gasteiger charge is -2.19. The first kappa shape index (κ1) is 11.2. The van der Waals surface area contributed by atoms with E-state index < -0.39 is 12.2 Å². The van der Waals surface area contributed by atoms with Crippen molar-refractivity contribution in [3.8, 4) is 0 Å². The van der Waals surface area contributed by atoms with E-state index in [0.717, 1.165) is 18.1 Å². The normalized spacial score (nSPS) is 25.4. The zero-order chi connectivity index (χ0) is 11.9. The van der Waals surface area contributed by atoms with Gasteiger partial charge in [0, 0.05) is 19.6 Å². The molecule has 1 aliphatic rings. The minimum absolute atomic E-state index is 0.399. The van der Waals surface area contributed by atoms with Crippen LogP contribution in [0.25, 0.3) is 0 Å². The van der Waals surface area contributed by atoms with Gasteiger partial charge in [-0.25, -0.2) is 4.68 Å². The molecule has 0 radical (unpaired) electrons. The molecule has 0 amide bonds. The third-order valence-corrected chi connectivity index (χ3v) is 3.00. The quantitative estimate of drug-likeness (QED) is 0.623. The number of aliphatic hydroxyl groups is 2. The number of nitrogens with two attached hydrogens (primary N) is 1. The van der Waals surface area contributed by atoms with Gasteiger partial charge in [0.15, 0.2) is 5.82 Å². The second-order valence-electron chi connectivity index (χ2n) is 4.18. The fraction of sp³-hybridized carbons (Fsp3) is 0.700. The number of aromatic nitrogens is 2. The Hall–Kier alpha value is -1.27. The van der Waals surface area contributed by atoms with Crippen molar-refractivity contribution in [2.75, 3.05) is 23.7 Å². The predicted molar refractivity (Wildman–Crippen MR) is 61.3 cm³/mol. The number of rotatable bonds is 2. The van der Waals surface area contributed by atoms with E-state index in [1.165, 1.54) is 0 Å². The minimum atomic E-state index is -0.708. The lowest BCUT2D eigenvalue weighted by molar-refractivity contribution is 0.0572. The van der Waals surface area contributed by atoms with Gasteiger partial charge in [-0.05, 0) is 13.8 Å². The zero-order valence-corrected chi connectivity index (χ0v) is 9.59. The zero-order valence-electron chi connectivity index (χ0n) is 9.59. The Bertz CT molecular complexity index is 380. The average Bonchev–Trinajstić information content (AvgIpc) is 2.70. The topological polar surface area (TPSA) is 87.5 Å². The molecule has 0 saturated carbocycles. The van der Waals surface area contributed by atoms with Crippen LogP contribution in [0, 0.1) is 6.92 Å². The van der Waals surface area contributed by atoms with E-state index in [1.807, 2.05) is 18.7 Å². The van der Waals surface area contributed by atoms with Crippen molar-refractivity contribution in [3.05, 3.63) is 5.69 Å². The van der Waals surface area contributed by atoms with Crippen molar-refractivity contribution in [3.63, 3.8) is 0 Å². The van der Waals surface area contributed by atoms with Gasteiger partial charge in [0.05, 0.1) is 23.6 Å². The average molecular weight is 226 g/mol. The van der Waals surface area contributed by atoms with Crippen molar-refractivity contribution in [2.45, 2.75) is 32.6 Å². The molecule has 1 saturated heterocycles. The van der Waals surface area contributed by atoms with Gasteiger partial charge in [-0.15, -0.1) is 0 Å². The summed E-state index contributed by atoms with van der Waals surface area (Å²) in [6, 6.07) is 0. The maximum absolute atomic E-state index is 9.53. The van der Waals surface area contributed by atoms with Gasteiger partial charge in [-0.1, -0.05) is 0 Å². The van der Waals surface area contributed by atoms with E-state index in [4.69, 9.17) is 5.73 Å². The van der Waals surface area contributed by atoms with E-state index in [1.54, 1.807) is 4.68 Å². The monoisotopic (exact) mass is 226 g/mol. The number of aliphatic hydroxyl groups excluding tert-OH is 2. The summed E-state index contributed by atoms with van der Waals surface area (Å²) in [5.74, 6) is 0.801. The molecule has 1 fully saturated rings. The lowest BCUT2D eigenvalue weighted by Crippen LogP contribution is -2.25. The van der Waals surface area contributed by atoms with Gasteiger partial charge in [0.1, 0.15) is 0 Å². The standard InChI is InChI=1S/C10H18N4O2/c1-3-14-10(9(11)6(2)12-14)13-4-7(15)8(16)5-13/h7-8,15-16H,3-5,11H2,1-2H3. The molecule has 1 aliphatic heterocycles. The Morgan fingerprint density at radius 2 is 1.94 bits per heavy atom. The van der Waals surface area contributed by atoms with Crippen LogP contribution in [0.5, 0.6) is 0 Å². The maximum Gasteiger partial charge on any atom is 0.150 e. The molecule has 6 nitrogen and oxygen atoms in total. The summed E-state index contributed by atoms with van der Waals surface area (Å²) < 4.78 is 1.80. The molecule has 0 spiro atoms. The highest BCUT2D eigenvalue weighted by molar-refractivity contribution is 5.66. The molecule has 1 aromatic rings. The third kappa shape index (κ3) is 1.64. The van der Waals surface area contributed by atoms with E-state index in [9.17, 15) is 10.2 Å². The highest BCUT2D eigenvalue weighted by Crippen LogP contribution is 2.29. The molecule has 0 aliphatic carbocycles. The number of nitrogen functional groups attached to an aromatic ring is 1. The second-order valence-corrected chi connectivity index (χ2v) is 4.18. The molecule has 2 unspecified atom stereocenters. The highest BCUT2D eigenvalue weighted by atomic mass is 16.3. The minimum Gasteiger partial charge on any atom is -0.394 e. The van der Waals surface area contributed by atoms with Gasteiger partial charge in [0.25, 0.3) is 0 Å². The van der Waals surface area contributed by atoms with E-state index in [-0.39, 0.29) is 0 Å². The molecule has 0 bridgehead atoms. The van der Waals surface area contributed by atoms with Gasteiger partial charge < -0.3 is 20.8 Å². The number of anilines is 2. The van der Waals surface area contributed by atoms with Crippen LogP contribution >= 0.6 is 0 Å². The molecule has 2 atom stereocenters. The summed E-state index contributed by atoms with van der Waals surface area (Å²) in [5.41, 5.74) is 7.37. The Kier molecular flexibility index (Phi) is 2.77. The summed E-state index contributed by atoms with van der Waals surface area (Å²) in [6.45, 7) is 5.36. The SMILES string of the molecule is CCn1nc(C)c(N)c1N1CC(O)C(O)C1. The number of aryl methyl sites for hydroxylation is 2. The molecular formula is C10H18N4O2. The Balaban J connectivity index is 2.33. The van der Waals surface area contributed by atoms with Gasteiger partial charge >= 0.3 is 0 Å². The molecular weight excluding hydrogens is 208 g/mol. The smallest absolute Gasteiger partial charge is 0.150 e. The van der Waals surface area contributed by atoms with Crippen molar-refractivity contribution in [1.82, 2.24) is 9.78 Å². The number of hydrogen-bond donors (Lipinski definition) is 3. The molecule has 1 aromatic heterocycles. The van der Waals surface area contributed by atoms with Gasteiger partial charge in [-0.3, -0.25) is 0 Å². The van der Waals surface area contributed by atoms with Gasteiger partial charge in [-0.2, -0.15) is 5.10 Å². The van der Waals surface area contributed by atoms with Crippen molar-refractivity contribution in [2.24, 2.45) is 0 Å². The van der Waals surface area contributed by atoms with Crippen LogP contribution in [-0.2, 0) is 6.54 Å². The van der Waals surface area contributed by atoms with Crippen LogP contribution in [0.4, 0.5) is 11.5 Å². The Morgan fingerprint density at radius 1 is 1.38 bits per heavy atom. The lowest BCUT2D eigenvalue weighted by atomic mass is 10.3. The van der Waals surface area contributed by atoms with E-state index in [2.05, 4.69) is 5.10 Å². The highest BCUT2D eigenvalue weighted by Gasteiger charge is 2.32. The van der Waals surface area contributed by atoms with Crippen molar-refractivity contribution < 1.29 is 10.2 Å². The van der Waals surface area contributed by atoms with Crippen LogP contribution in [0.15, 0.2) is 0 Å². The Morgan fingerprint density at radius 3 is 2.44 bits per heavy atom. The van der Waals surface area contributed by atoms with Crippen LogP contribution in [0.1, 0.15) is 12.6 Å². The second kappa shape index (κ2) is 3.95.